The lowest BCUT2D eigenvalue weighted by Gasteiger charge is -2.23. The average molecular weight is 370 g/mol. The van der Waals surface area contributed by atoms with Gasteiger partial charge in [-0.05, 0) is 42.1 Å². The number of fused-ring (bicyclic) bond motifs is 1. The summed E-state index contributed by atoms with van der Waals surface area (Å²) in [7, 11) is 0. The summed E-state index contributed by atoms with van der Waals surface area (Å²) in [6.45, 7) is 6.28. The zero-order valence-corrected chi connectivity index (χ0v) is 15.5. The van der Waals surface area contributed by atoms with Crippen LogP contribution in [-0.4, -0.2) is 33.7 Å². The zero-order valence-electron chi connectivity index (χ0n) is 14.7. The van der Waals surface area contributed by atoms with Crippen molar-refractivity contribution in [3.05, 3.63) is 64.0 Å². The average Bonchev–Trinajstić information content (AvgIpc) is 3.36. The molecule has 0 aliphatic carbocycles. The minimum absolute atomic E-state index is 0.166. The van der Waals surface area contributed by atoms with Gasteiger partial charge in [0.05, 0.1) is 12.0 Å². The van der Waals surface area contributed by atoms with Gasteiger partial charge in [0, 0.05) is 49.7 Å². The van der Waals surface area contributed by atoms with Crippen LogP contribution in [0.4, 0.5) is 0 Å². The number of aryl methyl sites for hydroxylation is 1. The molecule has 0 aromatic carbocycles. The van der Waals surface area contributed by atoms with Gasteiger partial charge in [-0.1, -0.05) is 0 Å². The normalized spacial score (nSPS) is 17.7. The van der Waals surface area contributed by atoms with Gasteiger partial charge in [0.2, 0.25) is 0 Å². The van der Waals surface area contributed by atoms with Crippen LogP contribution in [0.15, 0.2) is 46.5 Å². The van der Waals surface area contributed by atoms with Crippen molar-refractivity contribution >= 4 is 17.2 Å². The van der Waals surface area contributed by atoms with E-state index in [0.717, 1.165) is 26.2 Å². The highest BCUT2D eigenvalue weighted by Gasteiger charge is 2.24. The Balaban J connectivity index is 1.45. The number of hydrogen-bond acceptors (Lipinski definition) is 5. The van der Waals surface area contributed by atoms with Gasteiger partial charge >= 0.3 is 0 Å². The molecule has 1 aliphatic rings. The van der Waals surface area contributed by atoms with Gasteiger partial charge in [0.15, 0.2) is 5.76 Å². The van der Waals surface area contributed by atoms with Crippen LogP contribution >= 0.6 is 11.3 Å². The molecule has 0 saturated heterocycles. The monoisotopic (exact) mass is 370 g/mol. The van der Waals surface area contributed by atoms with Crippen molar-refractivity contribution in [2.24, 2.45) is 5.92 Å². The highest BCUT2D eigenvalue weighted by atomic mass is 32.1. The van der Waals surface area contributed by atoms with E-state index in [1.54, 1.807) is 23.5 Å². The molecule has 1 amide bonds. The van der Waals surface area contributed by atoms with E-state index in [0.29, 0.717) is 12.3 Å². The Morgan fingerprint density at radius 1 is 1.38 bits per heavy atom. The van der Waals surface area contributed by atoms with Gasteiger partial charge < -0.3 is 9.73 Å². The van der Waals surface area contributed by atoms with Crippen molar-refractivity contribution in [2.75, 3.05) is 13.1 Å². The smallest absolute Gasteiger partial charge is 0.286 e. The largest absolute Gasteiger partial charge is 0.459 e. The molecule has 0 unspecified atom stereocenters. The van der Waals surface area contributed by atoms with Crippen LogP contribution in [0, 0.1) is 12.8 Å². The Morgan fingerprint density at radius 2 is 2.31 bits per heavy atom. The summed E-state index contributed by atoms with van der Waals surface area (Å²) in [6, 6.07) is 7.66. The SMILES string of the molecule is Cc1ccsc1CN1Cc2ccnn2C[C@H](CNC(=O)c2ccco2)C1. The summed E-state index contributed by atoms with van der Waals surface area (Å²) >= 11 is 1.80. The van der Waals surface area contributed by atoms with Crippen molar-refractivity contribution in [3.8, 4) is 0 Å². The summed E-state index contributed by atoms with van der Waals surface area (Å²) < 4.78 is 7.23. The summed E-state index contributed by atoms with van der Waals surface area (Å²) in [5.41, 5.74) is 2.56. The fraction of sp³-hybridized carbons (Fsp3) is 0.368. The first kappa shape index (κ1) is 17.1. The molecule has 7 heteroatoms. The van der Waals surface area contributed by atoms with Gasteiger partial charge in [-0.15, -0.1) is 11.3 Å². The molecule has 3 aromatic rings. The molecule has 0 bridgehead atoms. The van der Waals surface area contributed by atoms with Gasteiger partial charge in [-0.25, -0.2) is 0 Å². The van der Waals surface area contributed by atoms with E-state index < -0.39 is 0 Å². The summed E-state index contributed by atoms with van der Waals surface area (Å²) in [4.78, 5) is 16.0. The van der Waals surface area contributed by atoms with E-state index in [9.17, 15) is 4.79 Å². The molecule has 3 aromatic heterocycles. The Bertz CT molecular complexity index is 868. The number of thiophene rings is 1. The molecule has 4 heterocycles. The second-order valence-corrected chi connectivity index (χ2v) is 7.76. The maximum atomic E-state index is 12.2. The minimum Gasteiger partial charge on any atom is -0.459 e. The number of aromatic nitrogens is 2. The number of carbonyl (C=O) groups excluding carboxylic acids is 1. The number of hydrogen-bond donors (Lipinski definition) is 1. The number of nitrogens with zero attached hydrogens (tertiary/aromatic N) is 3. The van der Waals surface area contributed by atoms with E-state index in [4.69, 9.17) is 4.42 Å². The topological polar surface area (TPSA) is 63.3 Å². The molecule has 4 rings (SSSR count). The first-order valence-corrected chi connectivity index (χ1v) is 9.64. The van der Waals surface area contributed by atoms with Gasteiger partial charge in [-0.2, -0.15) is 5.10 Å². The highest BCUT2D eigenvalue weighted by Crippen LogP contribution is 2.22. The fourth-order valence-electron chi connectivity index (χ4n) is 3.37. The quantitative estimate of drug-likeness (QED) is 0.750. The van der Waals surface area contributed by atoms with E-state index in [1.807, 2.05) is 6.20 Å². The Labute approximate surface area is 156 Å². The second kappa shape index (κ2) is 7.47. The summed E-state index contributed by atoms with van der Waals surface area (Å²) in [5, 5.41) is 9.60. The lowest BCUT2D eigenvalue weighted by atomic mass is 10.1. The van der Waals surface area contributed by atoms with E-state index >= 15 is 0 Å². The maximum absolute atomic E-state index is 12.2. The van der Waals surface area contributed by atoms with Crippen molar-refractivity contribution in [3.63, 3.8) is 0 Å². The Morgan fingerprint density at radius 3 is 3.08 bits per heavy atom. The molecule has 1 aliphatic heterocycles. The minimum atomic E-state index is -0.166. The molecule has 1 atom stereocenters. The number of amides is 1. The van der Waals surface area contributed by atoms with Gasteiger partial charge in [0.1, 0.15) is 0 Å². The number of nitrogens with one attached hydrogen (secondary N) is 1. The van der Waals surface area contributed by atoms with Crippen molar-refractivity contribution in [1.82, 2.24) is 20.0 Å². The van der Waals surface area contributed by atoms with Crippen molar-refractivity contribution in [1.29, 1.82) is 0 Å². The maximum Gasteiger partial charge on any atom is 0.286 e. The van der Waals surface area contributed by atoms with Gasteiger partial charge in [-0.3, -0.25) is 14.4 Å². The molecule has 0 radical (unpaired) electrons. The van der Waals surface area contributed by atoms with Crippen LogP contribution in [0.3, 0.4) is 0 Å². The number of rotatable bonds is 5. The zero-order chi connectivity index (χ0) is 17.9. The van der Waals surface area contributed by atoms with Crippen LogP contribution in [0.5, 0.6) is 0 Å². The van der Waals surface area contributed by atoms with E-state index in [2.05, 4.69) is 44.4 Å². The molecular weight excluding hydrogens is 348 g/mol. The Kier molecular flexibility index (Phi) is 4.90. The first-order chi connectivity index (χ1) is 12.7. The molecular formula is C19H22N4O2S. The third-order valence-corrected chi connectivity index (χ3v) is 5.78. The lowest BCUT2D eigenvalue weighted by Crippen LogP contribution is -2.36. The third kappa shape index (κ3) is 3.73. The Hall–Kier alpha value is -2.38. The summed E-state index contributed by atoms with van der Waals surface area (Å²) in [6.07, 6.45) is 3.37. The number of carbonyl (C=O) groups is 1. The molecule has 6 nitrogen and oxygen atoms in total. The molecule has 136 valence electrons. The number of furan rings is 1. The molecule has 0 saturated carbocycles. The van der Waals surface area contributed by atoms with Crippen LogP contribution in [0.1, 0.15) is 26.7 Å². The fourth-order valence-corrected chi connectivity index (χ4v) is 4.32. The first-order valence-electron chi connectivity index (χ1n) is 8.77. The second-order valence-electron chi connectivity index (χ2n) is 6.75. The predicted octanol–water partition coefficient (Wildman–Crippen LogP) is 2.91. The molecule has 26 heavy (non-hydrogen) atoms. The molecule has 0 fully saturated rings. The van der Waals surface area contributed by atoms with E-state index in [-0.39, 0.29) is 11.8 Å². The van der Waals surface area contributed by atoms with Crippen LogP contribution < -0.4 is 5.32 Å². The van der Waals surface area contributed by atoms with Crippen molar-refractivity contribution in [2.45, 2.75) is 26.6 Å². The third-order valence-electron chi connectivity index (χ3n) is 4.77. The predicted molar refractivity (Wildman–Crippen MR) is 99.9 cm³/mol. The van der Waals surface area contributed by atoms with Gasteiger partial charge in [0.25, 0.3) is 5.91 Å². The standard InChI is InChI=1S/C19H22N4O2S/c1-14-5-8-26-18(14)13-22-10-15(11-23-16(12-22)4-6-21-23)9-20-19(24)17-3-2-7-25-17/h2-8,15H,9-13H2,1H3,(H,20,24)/t15-/m1/s1. The van der Waals surface area contributed by atoms with E-state index in [1.165, 1.54) is 22.4 Å². The highest BCUT2D eigenvalue weighted by molar-refractivity contribution is 7.10. The molecule has 1 N–H and O–H groups in total. The van der Waals surface area contributed by atoms with Crippen LogP contribution in [0.2, 0.25) is 0 Å². The molecule has 0 spiro atoms. The summed E-state index contributed by atoms with van der Waals surface area (Å²) in [5.74, 6) is 0.473. The van der Waals surface area contributed by atoms with Crippen LogP contribution in [-0.2, 0) is 19.6 Å². The lowest BCUT2D eigenvalue weighted by molar-refractivity contribution is 0.0912. The van der Waals surface area contributed by atoms with Crippen LogP contribution in [0.25, 0.3) is 0 Å². The van der Waals surface area contributed by atoms with Crippen molar-refractivity contribution < 1.29 is 9.21 Å².